The van der Waals surface area contributed by atoms with Crippen molar-refractivity contribution in [2.24, 2.45) is 5.92 Å². The van der Waals surface area contributed by atoms with Gasteiger partial charge in [0, 0.05) is 6.54 Å². The Morgan fingerprint density at radius 2 is 1.82 bits per heavy atom. The molecule has 0 radical (unpaired) electrons. The highest BCUT2D eigenvalue weighted by molar-refractivity contribution is 5.69. The van der Waals surface area contributed by atoms with Crippen LogP contribution in [-0.4, -0.2) is 36.8 Å². The first-order chi connectivity index (χ1) is 8.02. The number of likely N-dealkylation sites (N-methyl/N-ethyl adjacent to an activating group) is 1. The lowest BCUT2D eigenvalue weighted by Gasteiger charge is -2.20. The van der Waals surface area contributed by atoms with Crippen LogP contribution in [0.4, 0.5) is 0 Å². The van der Waals surface area contributed by atoms with Crippen LogP contribution >= 0.6 is 0 Å². The van der Waals surface area contributed by atoms with Gasteiger partial charge in [0.1, 0.15) is 0 Å². The van der Waals surface area contributed by atoms with Gasteiger partial charge in [0.2, 0.25) is 0 Å². The zero-order valence-electron chi connectivity index (χ0n) is 11.2. The van der Waals surface area contributed by atoms with Gasteiger partial charge in [-0.25, -0.2) is 0 Å². The number of hydrogen-bond acceptors (Lipinski definition) is 2. The van der Waals surface area contributed by atoms with E-state index < -0.39 is 6.10 Å². The van der Waals surface area contributed by atoms with Gasteiger partial charge in [-0.3, -0.25) is 0 Å². The van der Waals surface area contributed by atoms with Crippen molar-refractivity contribution >= 4 is 5.57 Å². The molecule has 0 saturated carbocycles. The molecule has 1 atom stereocenters. The van der Waals surface area contributed by atoms with E-state index in [2.05, 4.69) is 11.0 Å². The van der Waals surface area contributed by atoms with Crippen LogP contribution in [0.5, 0.6) is 0 Å². The third-order valence-corrected chi connectivity index (χ3v) is 2.73. The van der Waals surface area contributed by atoms with Gasteiger partial charge in [0.25, 0.3) is 0 Å². The maximum Gasteiger partial charge on any atom is 0.0816 e. The van der Waals surface area contributed by atoms with E-state index >= 15 is 0 Å². The van der Waals surface area contributed by atoms with Gasteiger partial charge in [0.15, 0.2) is 0 Å². The molecule has 1 rings (SSSR count). The number of aliphatic hydroxyl groups is 1. The Balaban J connectivity index is 2.99. The van der Waals surface area contributed by atoms with Gasteiger partial charge in [-0.2, -0.15) is 0 Å². The second-order valence-corrected chi connectivity index (χ2v) is 4.98. The normalized spacial score (nSPS) is 14.4. The second-order valence-electron chi connectivity index (χ2n) is 4.98. The van der Waals surface area contributed by atoms with E-state index in [0.29, 0.717) is 0 Å². The van der Waals surface area contributed by atoms with Crippen molar-refractivity contribution in [3.63, 3.8) is 0 Å². The van der Waals surface area contributed by atoms with Crippen molar-refractivity contribution in [1.29, 1.82) is 0 Å². The highest BCUT2D eigenvalue weighted by Gasteiger charge is 2.16. The van der Waals surface area contributed by atoms with Crippen molar-refractivity contribution in [2.75, 3.05) is 20.6 Å². The third kappa shape index (κ3) is 4.33. The van der Waals surface area contributed by atoms with E-state index in [1.54, 1.807) is 0 Å². The summed E-state index contributed by atoms with van der Waals surface area (Å²) in [5.74, 6) is 0.226. The summed E-state index contributed by atoms with van der Waals surface area (Å²) in [5, 5.41) is 10.3. The van der Waals surface area contributed by atoms with Crippen molar-refractivity contribution in [3.8, 4) is 0 Å². The molecule has 1 N–H and O–H groups in total. The van der Waals surface area contributed by atoms with Crippen LogP contribution in [0.1, 0.15) is 19.4 Å². The van der Waals surface area contributed by atoms with Crippen LogP contribution in [0.2, 0.25) is 0 Å². The van der Waals surface area contributed by atoms with Crippen LogP contribution in [0.15, 0.2) is 36.4 Å². The molecule has 1 aromatic rings. The molecular formula is C15H23NO. The first kappa shape index (κ1) is 13.9. The van der Waals surface area contributed by atoms with Crippen LogP contribution in [0, 0.1) is 5.92 Å². The Morgan fingerprint density at radius 1 is 1.24 bits per heavy atom. The molecule has 0 saturated heterocycles. The Kier molecular flexibility index (Phi) is 5.39. The van der Waals surface area contributed by atoms with Gasteiger partial charge >= 0.3 is 0 Å². The van der Waals surface area contributed by atoms with Crippen LogP contribution in [-0.2, 0) is 0 Å². The number of rotatable bonds is 5. The lowest BCUT2D eigenvalue weighted by molar-refractivity contribution is 0.181. The molecule has 0 aromatic heterocycles. The summed E-state index contributed by atoms with van der Waals surface area (Å²) in [7, 11) is 4.06. The Hall–Kier alpha value is -1.12. The predicted molar refractivity (Wildman–Crippen MR) is 73.8 cm³/mol. The van der Waals surface area contributed by atoms with Crippen molar-refractivity contribution < 1.29 is 5.11 Å². The monoisotopic (exact) mass is 233 g/mol. The molecule has 0 heterocycles. The predicted octanol–water partition coefficient (Wildman–Crippen LogP) is 2.65. The van der Waals surface area contributed by atoms with Gasteiger partial charge in [-0.05, 0) is 31.1 Å². The van der Waals surface area contributed by atoms with E-state index in [-0.39, 0.29) is 5.92 Å². The minimum atomic E-state index is -0.405. The highest BCUT2D eigenvalue weighted by Crippen LogP contribution is 2.23. The van der Waals surface area contributed by atoms with E-state index in [9.17, 15) is 5.11 Å². The average Bonchev–Trinajstić information content (AvgIpc) is 2.30. The summed E-state index contributed by atoms with van der Waals surface area (Å²) < 4.78 is 0. The largest absolute Gasteiger partial charge is 0.388 e. The molecule has 0 bridgehead atoms. The molecule has 1 aromatic carbocycles. The summed E-state index contributed by atoms with van der Waals surface area (Å²) >= 11 is 0. The van der Waals surface area contributed by atoms with E-state index in [1.807, 2.05) is 58.3 Å². The molecule has 0 aliphatic heterocycles. The molecule has 17 heavy (non-hydrogen) atoms. The lowest BCUT2D eigenvalue weighted by atomic mass is 9.93. The van der Waals surface area contributed by atoms with Crippen LogP contribution in [0.3, 0.4) is 0 Å². The zero-order chi connectivity index (χ0) is 12.8. The SMILES string of the molecule is CC(C)C(O)/C(=C/CN(C)C)c1ccccc1. The van der Waals surface area contributed by atoms with Gasteiger partial charge < -0.3 is 10.0 Å². The van der Waals surface area contributed by atoms with Crippen LogP contribution in [0.25, 0.3) is 5.57 Å². The minimum Gasteiger partial charge on any atom is -0.388 e. The maximum atomic E-state index is 10.3. The summed E-state index contributed by atoms with van der Waals surface area (Å²) in [6.07, 6.45) is 1.71. The average molecular weight is 233 g/mol. The second kappa shape index (κ2) is 6.58. The fourth-order valence-electron chi connectivity index (χ4n) is 1.68. The topological polar surface area (TPSA) is 23.5 Å². The molecule has 0 aliphatic rings. The number of nitrogens with zero attached hydrogens (tertiary/aromatic N) is 1. The summed E-state index contributed by atoms with van der Waals surface area (Å²) in [6.45, 7) is 4.92. The number of hydrogen-bond donors (Lipinski definition) is 1. The molecule has 0 aliphatic carbocycles. The molecule has 0 fully saturated rings. The molecule has 0 spiro atoms. The standard InChI is InChI=1S/C15H23NO/c1-12(2)15(17)14(10-11-16(3)4)13-8-6-5-7-9-13/h5-10,12,15,17H,11H2,1-4H3/b14-10+. The highest BCUT2D eigenvalue weighted by atomic mass is 16.3. The van der Waals surface area contributed by atoms with Gasteiger partial charge in [-0.1, -0.05) is 50.3 Å². The fraction of sp³-hybridized carbons (Fsp3) is 0.467. The zero-order valence-corrected chi connectivity index (χ0v) is 11.2. The van der Waals surface area contributed by atoms with E-state index in [4.69, 9.17) is 0 Å². The summed E-state index contributed by atoms with van der Waals surface area (Å²) in [6, 6.07) is 10.1. The minimum absolute atomic E-state index is 0.226. The van der Waals surface area contributed by atoms with E-state index in [1.165, 1.54) is 0 Å². The smallest absolute Gasteiger partial charge is 0.0816 e. The maximum absolute atomic E-state index is 10.3. The Morgan fingerprint density at radius 3 is 2.29 bits per heavy atom. The van der Waals surface area contributed by atoms with E-state index in [0.717, 1.165) is 17.7 Å². The first-order valence-electron chi connectivity index (χ1n) is 6.10. The Labute approximate surface area is 105 Å². The number of aliphatic hydroxyl groups excluding tert-OH is 1. The molecule has 2 heteroatoms. The molecule has 0 amide bonds. The van der Waals surface area contributed by atoms with Crippen molar-refractivity contribution in [2.45, 2.75) is 20.0 Å². The van der Waals surface area contributed by atoms with Gasteiger partial charge in [0.05, 0.1) is 6.10 Å². The molecule has 1 unspecified atom stereocenters. The van der Waals surface area contributed by atoms with Crippen molar-refractivity contribution in [3.05, 3.63) is 42.0 Å². The number of benzene rings is 1. The molecule has 2 nitrogen and oxygen atoms in total. The summed E-state index contributed by atoms with van der Waals surface area (Å²) in [5.41, 5.74) is 2.13. The lowest BCUT2D eigenvalue weighted by Crippen LogP contribution is -2.19. The third-order valence-electron chi connectivity index (χ3n) is 2.73. The first-order valence-corrected chi connectivity index (χ1v) is 6.10. The Bertz CT molecular complexity index is 354. The van der Waals surface area contributed by atoms with Crippen LogP contribution < -0.4 is 0 Å². The van der Waals surface area contributed by atoms with Gasteiger partial charge in [-0.15, -0.1) is 0 Å². The molecular weight excluding hydrogens is 210 g/mol. The summed E-state index contributed by atoms with van der Waals surface area (Å²) in [4.78, 5) is 2.09. The molecule has 94 valence electrons. The fourth-order valence-corrected chi connectivity index (χ4v) is 1.68. The van der Waals surface area contributed by atoms with Crippen molar-refractivity contribution in [1.82, 2.24) is 4.90 Å². The quantitative estimate of drug-likeness (QED) is 0.845.